The summed E-state index contributed by atoms with van der Waals surface area (Å²) in [5.74, 6) is 0.649. The van der Waals surface area contributed by atoms with Crippen molar-refractivity contribution in [2.45, 2.75) is 58.8 Å². The lowest BCUT2D eigenvalue weighted by Crippen LogP contribution is -2.29. The predicted octanol–water partition coefficient (Wildman–Crippen LogP) is 4.70. The fourth-order valence-electron chi connectivity index (χ4n) is 3.70. The standard InChI is InChI=1S/C25H31N5O2S/c1-6-19-13-10-12-17(4)22(19)27-21(31)15-33-25-29-28-23(30(25)7-2)18(5)26-24(32)20-14-9-8-11-16(20)3/h8-14,18H,6-7,15H2,1-5H3,(H,26,32)(H,27,31)/t18-/m0/s1. The Balaban J connectivity index is 1.66. The average molecular weight is 466 g/mol. The monoisotopic (exact) mass is 465 g/mol. The smallest absolute Gasteiger partial charge is 0.252 e. The number of thioether (sulfide) groups is 1. The Morgan fingerprint density at radius 3 is 2.45 bits per heavy atom. The van der Waals surface area contributed by atoms with E-state index in [0.717, 1.165) is 28.8 Å². The second-order valence-corrected chi connectivity index (χ2v) is 8.84. The highest BCUT2D eigenvalue weighted by molar-refractivity contribution is 7.99. The van der Waals surface area contributed by atoms with Crippen LogP contribution in [0.15, 0.2) is 47.6 Å². The van der Waals surface area contributed by atoms with E-state index in [1.54, 1.807) is 6.07 Å². The molecular weight excluding hydrogens is 434 g/mol. The van der Waals surface area contributed by atoms with E-state index in [-0.39, 0.29) is 23.6 Å². The lowest BCUT2D eigenvalue weighted by Gasteiger charge is -2.16. The third kappa shape index (κ3) is 5.82. The van der Waals surface area contributed by atoms with E-state index in [4.69, 9.17) is 0 Å². The Hall–Kier alpha value is -3.13. The summed E-state index contributed by atoms with van der Waals surface area (Å²) in [5, 5.41) is 15.3. The van der Waals surface area contributed by atoms with Gasteiger partial charge in [-0.3, -0.25) is 9.59 Å². The summed E-state index contributed by atoms with van der Waals surface area (Å²) >= 11 is 1.34. The van der Waals surface area contributed by atoms with Crippen LogP contribution in [-0.2, 0) is 17.8 Å². The first-order chi connectivity index (χ1) is 15.8. The topological polar surface area (TPSA) is 88.9 Å². The molecule has 0 fully saturated rings. The second kappa shape index (κ2) is 11.1. The van der Waals surface area contributed by atoms with Gasteiger partial charge in [-0.2, -0.15) is 0 Å². The first-order valence-corrected chi connectivity index (χ1v) is 12.1. The van der Waals surface area contributed by atoms with Crippen LogP contribution in [0.3, 0.4) is 0 Å². The molecule has 0 saturated carbocycles. The van der Waals surface area contributed by atoms with E-state index in [0.29, 0.717) is 23.1 Å². The van der Waals surface area contributed by atoms with Gasteiger partial charge in [0.15, 0.2) is 11.0 Å². The molecule has 0 radical (unpaired) electrons. The summed E-state index contributed by atoms with van der Waals surface area (Å²) in [4.78, 5) is 25.3. The van der Waals surface area contributed by atoms with Crippen molar-refractivity contribution < 1.29 is 9.59 Å². The maximum Gasteiger partial charge on any atom is 0.252 e. The number of anilines is 1. The number of aromatic nitrogens is 3. The van der Waals surface area contributed by atoms with Crippen molar-refractivity contribution in [1.82, 2.24) is 20.1 Å². The van der Waals surface area contributed by atoms with Gasteiger partial charge in [0.05, 0.1) is 11.8 Å². The van der Waals surface area contributed by atoms with Crippen LogP contribution < -0.4 is 10.6 Å². The second-order valence-electron chi connectivity index (χ2n) is 7.89. The third-order valence-electron chi connectivity index (χ3n) is 5.52. The van der Waals surface area contributed by atoms with E-state index >= 15 is 0 Å². The summed E-state index contributed by atoms with van der Waals surface area (Å²) in [7, 11) is 0. The van der Waals surface area contributed by atoms with Gasteiger partial charge in [-0.15, -0.1) is 10.2 Å². The molecule has 7 nitrogen and oxygen atoms in total. The quantitative estimate of drug-likeness (QED) is 0.447. The molecule has 174 valence electrons. The molecule has 0 aliphatic heterocycles. The van der Waals surface area contributed by atoms with Gasteiger partial charge >= 0.3 is 0 Å². The maximum atomic E-state index is 12.7. The fourth-order valence-corrected chi connectivity index (χ4v) is 4.51. The first-order valence-electron chi connectivity index (χ1n) is 11.2. The minimum atomic E-state index is -0.327. The Kier molecular flexibility index (Phi) is 8.27. The number of carbonyl (C=O) groups is 2. The van der Waals surface area contributed by atoms with Crippen molar-refractivity contribution in [1.29, 1.82) is 0 Å². The first kappa shape index (κ1) is 24.5. The van der Waals surface area contributed by atoms with Gasteiger partial charge in [-0.25, -0.2) is 0 Å². The minimum Gasteiger partial charge on any atom is -0.342 e. The maximum absolute atomic E-state index is 12.7. The van der Waals surface area contributed by atoms with Gasteiger partial charge in [0.25, 0.3) is 5.91 Å². The zero-order valence-electron chi connectivity index (χ0n) is 19.8. The molecule has 1 heterocycles. The van der Waals surface area contributed by atoms with Crippen molar-refractivity contribution in [3.63, 3.8) is 0 Å². The van der Waals surface area contributed by atoms with E-state index in [2.05, 4.69) is 27.8 Å². The molecule has 1 atom stereocenters. The number of aryl methyl sites for hydroxylation is 3. The van der Waals surface area contributed by atoms with Gasteiger partial charge in [0, 0.05) is 17.8 Å². The molecule has 0 spiro atoms. The summed E-state index contributed by atoms with van der Waals surface area (Å²) in [5.41, 5.74) is 4.61. The molecule has 8 heteroatoms. The van der Waals surface area contributed by atoms with Gasteiger partial charge in [0.2, 0.25) is 5.91 Å². The van der Waals surface area contributed by atoms with E-state index in [9.17, 15) is 9.59 Å². The number of nitrogens with zero attached hydrogens (tertiary/aromatic N) is 3. The molecule has 0 saturated heterocycles. The van der Waals surface area contributed by atoms with E-state index in [1.807, 2.05) is 68.7 Å². The number of hydrogen-bond acceptors (Lipinski definition) is 5. The highest BCUT2D eigenvalue weighted by Gasteiger charge is 2.21. The average Bonchev–Trinajstić information content (AvgIpc) is 3.22. The molecule has 3 rings (SSSR count). The molecule has 2 amide bonds. The Bertz CT molecular complexity index is 1140. The van der Waals surface area contributed by atoms with Crippen LogP contribution in [0.1, 0.15) is 59.7 Å². The third-order valence-corrected chi connectivity index (χ3v) is 6.49. The SMILES string of the molecule is CCc1cccc(C)c1NC(=O)CSc1nnc([C@H](C)NC(=O)c2ccccc2C)n1CC. The zero-order valence-corrected chi connectivity index (χ0v) is 20.6. The van der Waals surface area contributed by atoms with E-state index < -0.39 is 0 Å². The van der Waals surface area contributed by atoms with Gasteiger partial charge in [-0.05, 0) is 56.9 Å². The predicted molar refractivity (Wildman–Crippen MR) is 133 cm³/mol. The zero-order chi connectivity index (χ0) is 24.0. The minimum absolute atomic E-state index is 0.0860. The number of para-hydroxylation sites is 1. The molecule has 0 unspecified atom stereocenters. The molecule has 0 aliphatic carbocycles. The summed E-state index contributed by atoms with van der Waals surface area (Å²) in [6, 6.07) is 13.2. The van der Waals surface area contributed by atoms with Crippen molar-refractivity contribution in [3.8, 4) is 0 Å². The summed E-state index contributed by atoms with van der Waals surface area (Å²) < 4.78 is 1.94. The van der Waals surface area contributed by atoms with Crippen LogP contribution >= 0.6 is 11.8 Å². The van der Waals surface area contributed by atoms with Gasteiger partial charge in [0.1, 0.15) is 0 Å². The van der Waals surface area contributed by atoms with Crippen molar-refractivity contribution in [2.75, 3.05) is 11.1 Å². The normalized spacial score (nSPS) is 11.8. The number of amides is 2. The number of benzene rings is 2. The van der Waals surface area contributed by atoms with Gasteiger partial charge < -0.3 is 15.2 Å². The molecule has 0 bridgehead atoms. The van der Waals surface area contributed by atoms with Crippen LogP contribution in [0.2, 0.25) is 0 Å². The number of hydrogen-bond donors (Lipinski definition) is 2. The Labute approximate surface area is 199 Å². The van der Waals surface area contributed by atoms with Crippen LogP contribution in [0, 0.1) is 13.8 Å². The van der Waals surface area contributed by atoms with Crippen molar-refractivity contribution in [3.05, 3.63) is 70.5 Å². The van der Waals surface area contributed by atoms with Crippen LogP contribution in [0.25, 0.3) is 0 Å². The number of carbonyl (C=O) groups excluding carboxylic acids is 2. The Morgan fingerprint density at radius 1 is 1.03 bits per heavy atom. The largest absolute Gasteiger partial charge is 0.342 e. The Morgan fingerprint density at radius 2 is 1.76 bits per heavy atom. The molecule has 2 N–H and O–H groups in total. The van der Waals surface area contributed by atoms with Gasteiger partial charge in [-0.1, -0.05) is 55.1 Å². The molecule has 3 aromatic rings. The van der Waals surface area contributed by atoms with Crippen molar-refractivity contribution >= 4 is 29.3 Å². The van der Waals surface area contributed by atoms with E-state index in [1.165, 1.54) is 11.8 Å². The van der Waals surface area contributed by atoms with Crippen molar-refractivity contribution in [2.24, 2.45) is 0 Å². The lowest BCUT2D eigenvalue weighted by atomic mass is 10.1. The molecule has 2 aromatic carbocycles. The fraction of sp³-hybridized carbons (Fsp3) is 0.360. The molecule has 0 aliphatic rings. The highest BCUT2D eigenvalue weighted by atomic mass is 32.2. The summed E-state index contributed by atoms with van der Waals surface area (Å²) in [6.07, 6.45) is 0.851. The van der Waals surface area contributed by atoms with Crippen LogP contribution in [-0.4, -0.2) is 32.3 Å². The summed E-state index contributed by atoms with van der Waals surface area (Å²) in [6.45, 7) is 10.5. The van der Waals surface area contributed by atoms with Crippen LogP contribution in [0.5, 0.6) is 0 Å². The molecule has 1 aromatic heterocycles. The lowest BCUT2D eigenvalue weighted by molar-refractivity contribution is -0.113. The number of nitrogens with one attached hydrogen (secondary N) is 2. The molecule has 33 heavy (non-hydrogen) atoms. The number of rotatable bonds is 9. The molecular formula is C25H31N5O2S. The highest BCUT2D eigenvalue weighted by Crippen LogP contribution is 2.24. The van der Waals surface area contributed by atoms with Crippen LogP contribution in [0.4, 0.5) is 5.69 Å².